The van der Waals surface area contributed by atoms with Crippen LogP contribution in [0.3, 0.4) is 0 Å². The molecule has 156 valence electrons. The van der Waals surface area contributed by atoms with E-state index in [1.54, 1.807) is 41.5 Å². The molecule has 0 aliphatic heterocycles. The van der Waals surface area contributed by atoms with Crippen molar-refractivity contribution in [2.45, 2.75) is 64.9 Å². The van der Waals surface area contributed by atoms with Crippen molar-refractivity contribution in [1.82, 2.24) is 10.3 Å². The summed E-state index contributed by atoms with van der Waals surface area (Å²) in [5.74, 6) is -1.59. The fourth-order valence-corrected chi connectivity index (χ4v) is 2.05. The first-order chi connectivity index (χ1) is 12.7. The highest BCUT2D eigenvalue weighted by molar-refractivity contribution is 5.85. The first-order valence-corrected chi connectivity index (χ1v) is 8.55. The van der Waals surface area contributed by atoms with Crippen molar-refractivity contribution in [1.29, 1.82) is 0 Å². The van der Waals surface area contributed by atoms with Crippen LogP contribution in [0.4, 0.5) is 15.4 Å². The normalized spacial score (nSPS) is 13.8. The van der Waals surface area contributed by atoms with E-state index < -0.39 is 41.5 Å². The number of anilines is 1. The van der Waals surface area contributed by atoms with Crippen molar-refractivity contribution in [3.8, 4) is 0 Å². The van der Waals surface area contributed by atoms with Crippen LogP contribution in [0.15, 0.2) is 18.3 Å². The molecule has 4 N–H and O–H groups in total. The van der Waals surface area contributed by atoms with Crippen LogP contribution < -0.4 is 10.6 Å². The number of aliphatic hydroxyl groups excluding tert-OH is 1. The Labute approximate surface area is 163 Å². The molecule has 1 aromatic rings. The van der Waals surface area contributed by atoms with E-state index in [4.69, 9.17) is 9.47 Å². The lowest BCUT2D eigenvalue weighted by atomic mass is 10.0. The van der Waals surface area contributed by atoms with Gasteiger partial charge in [0.05, 0.1) is 0 Å². The van der Waals surface area contributed by atoms with Crippen molar-refractivity contribution in [2.75, 3.05) is 5.32 Å². The van der Waals surface area contributed by atoms with Gasteiger partial charge >= 0.3 is 18.2 Å². The molecule has 2 atom stereocenters. The van der Waals surface area contributed by atoms with Crippen LogP contribution in [0.2, 0.25) is 0 Å². The molecule has 1 aromatic heterocycles. The van der Waals surface area contributed by atoms with Crippen LogP contribution in [0.1, 0.15) is 53.2 Å². The molecule has 0 aromatic carbocycles. The number of carboxylic acid groups (broad SMARTS) is 1. The zero-order valence-corrected chi connectivity index (χ0v) is 16.8. The number of amides is 2. The summed E-state index contributed by atoms with van der Waals surface area (Å²) in [7, 11) is 0. The Morgan fingerprint density at radius 2 is 1.57 bits per heavy atom. The second-order valence-electron chi connectivity index (χ2n) is 7.98. The van der Waals surface area contributed by atoms with Gasteiger partial charge in [-0.1, -0.05) is 6.07 Å². The van der Waals surface area contributed by atoms with Crippen LogP contribution >= 0.6 is 0 Å². The number of hydrogen-bond donors (Lipinski definition) is 4. The van der Waals surface area contributed by atoms with Crippen molar-refractivity contribution in [3.05, 3.63) is 23.9 Å². The fraction of sp³-hybridized carbons (Fsp3) is 0.556. The SMILES string of the molecule is CC(C)(C)OC(=O)Nc1ncccc1[C@@H](O)[C@H](NC(=O)OC(C)(C)C)C(=O)O. The molecule has 28 heavy (non-hydrogen) atoms. The Bertz CT molecular complexity index is 723. The third kappa shape index (κ3) is 7.78. The first-order valence-electron chi connectivity index (χ1n) is 8.55. The van der Waals surface area contributed by atoms with Crippen LogP contribution in [0.25, 0.3) is 0 Å². The maximum absolute atomic E-state index is 12.0. The van der Waals surface area contributed by atoms with E-state index in [0.717, 1.165) is 0 Å². The smallest absolute Gasteiger partial charge is 0.413 e. The fourth-order valence-electron chi connectivity index (χ4n) is 2.05. The quantitative estimate of drug-likeness (QED) is 0.592. The zero-order valence-electron chi connectivity index (χ0n) is 16.8. The number of carboxylic acids is 1. The highest BCUT2D eigenvalue weighted by Crippen LogP contribution is 2.24. The summed E-state index contributed by atoms with van der Waals surface area (Å²) in [4.78, 5) is 39.4. The van der Waals surface area contributed by atoms with E-state index in [1.165, 1.54) is 18.3 Å². The molecule has 0 saturated heterocycles. The Hall–Kier alpha value is -2.88. The van der Waals surface area contributed by atoms with E-state index in [9.17, 15) is 24.6 Å². The third-order valence-electron chi connectivity index (χ3n) is 3.03. The van der Waals surface area contributed by atoms with Crippen molar-refractivity contribution in [2.24, 2.45) is 0 Å². The molecule has 0 radical (unpaired) electrons. The van der Waals surface area contributed by atoms with Gasteiger partial charge in [-0.05, 0) is 47.6 Å². The minimum atomic E-state index is -1.74. The van der Waals surface area contributed by atoms with Crippen LogP contribution in [0, 0.1) is 0 Å². The molecule has 0 fully saturated rings. The monoisotopic (exact) mass is 397 g/mol. The number of carbonyl (C=O) groups is 3. The lowest BCUT2D eigenvalue weighted by Gasteiger charge is -2.25. The van der Waals surface area contributed by atoms with Crippen molar-refractivity contribution >= 4 is 24.0 Å². The molecule has 0 bridgehead atoms. The van der Waals surface area contributed by atoms with Gasteiger partial charge in [-0.25, -0.2) is 19.4 Å². The molecule has 0 spiro atoms. The molecule has 2 amide bonds. The number of alkyl carbamates (subject to hydrolysis) is 1. The minimum Gasteiger partial charge on any atom is -0.480 e. The average Bonchev–Trinajstić information content (AvgIpc) is 2.48. The van der Waals surface area contributed by atoms with E-state index >= 15 is 0 Å². The van der Waals surface area contributed by atoms with Gasteiger partial charge in [0.2, 0.25) is 0 Å². The van der Waals surface area contributed by atoms with E-state index in [1.807, 2.05) is 0 Å². The van der Waals surface area contributed by atoms with E-state index in [2.05, 4.69) is 15.6 Å². The highest BCUT2D eigenvalue weighted by Gasteiger charge is 2.33. The summed E-state index contributed by atoms with van der Waals surface area (Å²) in [6, 6.07) is 1.08. The van der Waals surface area contributed by atoms with Gasteiger partial charge in [0.25, 0.3) is 0 Å². The van der Waals surface area contributed by atoms with Gasteiger partial charge in [0.1, 0.15) is 23.1 Å². The largest absolute Gasteiger partial charge is 0.480 e. The van der Waals surface area contributed by atoms with E-state index in [0.29, 0.717) is 0 Å². The molecule has 0 aliphatic rings. The number of carbonyl (C=O) groups excluding carboxylic acids is 2. The zero-order chi connectivity index (χ0) is 21.7. The number of nitrogens with zero attached hydrogens (tertiary/aromatic N) is 1. The molecular weight excluding hydrogens is 370 g/mol. The Morgan fingerprint density at radius 1 is 1.04 bits per heavy atom. The predicted octanol–water partition coefficient (Wildman–Crippen LogP) is 2.44. The second-order valence-corrected chi connectivity index (χ2v) is 7.98. The molecular formula is C18H27N3O7. The van der Waals surface area contributed by atoms with Gasteiger partial charge in [0.15, 0.2) is 6.04 Å². The maximum atomic E-state index is 12.0. The van der Waals surface area contributed by atoms with Gasteiger partial charge < -0.3 is 25.0 Å². The number of nitrogens with one attached hydrogen (secondary N) is 2. The van der Waals surface area contributed by atoms with Crippen LogP contribution in [0.5, 0.6) is 0 Å². The second kappa shape index (κ2) is 8.87. The molecule has 0 saturated carbocycles. The van der Waals surface area contributed by atoms with Crippen LogP contribution in [-0.2, 0) is 14.3 Å². The predicted molar refractivity (Wildman–Crippen MR) is 99.8 cm³/mol. The summed E-state index contributed by atoms with van der Waals surface area (Å²) in [6.07, 6.45) is -2.21. The molecule has 10 heteroatoms. The summed E-state index contributed by atoms with van der Waals surface area (Å²) >= 11 is 0. The van der Waals surface area contributed by atoms with Gasteiger partial charge in [-0.15, -0.1) is 0 Å². The Balaban J connectivity index is 3.04. The molecule has 0 unspecified atom stereocenters. The number of hydrogen-bond acceptors (Lipinski definition) is 7. The maximum Gasteiger partial charge on any atom is 0.413 e. The summed E-state index contributed by atoms with van der Waals surface area (Å²) in [5.41, 5.74) is -1.63. The van der Waals surface area contributed by atoms with Gasteiger partial charge in [-0.2, -0.15) is 0 Å². The average molecular weight is 397 g/mol. The summed E-state index contributed by atoms with van der Waals surface area (Å²) in [5, 5.41) is 24.4. The number of aliphatic hydroxyl groups is 1. The number of aromatic nitrogens is 1. The lowest BCUT2D eigenvalue weighted by molar-refractivity contribution is -0.142. The van der Waals surface area contributed by atoms with Crippen molar-refractivity contribution < 1.29 is 34.1 Å². The number of aliphatic carboxylic acids is 1. The molecule has 1 heterocycles. The summed E-state index contributed by atoms with van der Waals surface area (Å²) in [6.45, 7) is 9.86. The summed E-state index contributed by atoms with van der Waals surface area (Å²) < 4.78 is 10.2. The minimum absolute atomic E-state index is 0.0168. The highest BCUT2D eigenvalue weighted by atomic mass is 16.6. The number of pyridine rings is 1. The standard InChI is InChI=1S/C18H27N3O7/c1-17(2,3)27-15(25)20-11(14(23)24)12(22)10-8-7-9-19-13(10)21-16(26)28-18(4,5)6/h7-9,11-12,22H,1-6H3,(H,20,25)(H,23,24)(H,19,21,26)/t11-,12+/m0/s1. The molecule has 10 nitrogen and oxygen atoms in total. The first kappa shape index (κ1) is 23.2. The van der Waals surface area contributed by atoms with Gasteiger partial charge in [-0.3, -0.25) is 5.32 Å². The number of ether oxygens (including phenoxy) is 2. The Morgan fingerprint density at radius 3 is 2.07 bits per heavy atom. The molecule has 0 aliphatic carbocycles. The van der Waals surface area contributed by atoms with Gasteiger partial charge in [0, 0.05) is 11.8 Å². The third-order valence-corrected chi connectivity index (χ3v) is 3.03. The van der Waals surface area contributed by atoms with Crippen molar-refractivity contribution in [3.63, 3.8) is 0 Å². The lowest BCUT2D eigenvalue weighted by Crippen LogP contribution is -2.47. The topological polar surface area (TPSA) is 147 Å². The Kier molecular flexibility index (Phi) is 7.34. The number of rotatable bonds is 5. The molecule has 1 rings (SSSR count). The van der Waals surface area contributed by atoms with Crippen LogP contribution in [-0.4, -0.2) is 50.6 Å². The van der Waals surface area contributed by atoms with E-state index in [-0.39, 0.29) is 11.4 Å².